The van der Waals surface area contributed by atoms with Crippen LogP contribution < -0.4 is 10.6 Å². The van der Waals surface area contributed by atoms with Crippen molar-refractivity contribution in [2.45, 2.75) is 25.4 Å². The third kappa shape index (κ3) is 4.90. The minimum atomic E-state index is -0.331. The number of aromatic nitrogens is 3. The first kappa shape index (κ1) is 19.8. The third-order valence-corrected chi connectivity index (χ3v) is 5.16. The van der Waals surface area contributed by atoms with E-state index in [-0.39, 0.29) is 29.4 Å². The molecule has 2 amide bonds. The molecule has 0 aliphatic carbocycles. The number of H-pyrrole nitrogens is 1. The molecule has 3 aromatic rings. The summed E-state index contributed by atoms with van der Waals surface area (Å²) in [5.41, 5.74) is 1.80. The van der Waals surface area contributed by atoms with Gasteiger partial charge >= 0.3 is 0 Å². The van der Waals surface area contributed by atoms with Gasteiger partial charge in [-0.25, -0.2) is 9.97 Å². The number of aromatic amines is 1. The summed E-state index contributed by atoms with van der Waals surface area (Å²) < 4.78 is 0. The van der Waals surface area contributed by atoms with Crippen LogP contribution in [0.4, 0.5) is 5.82 Å². The molecule has 0 unspecified atom stereocenters. The molecule has 1 aromatic carbocycles. The van der Waals surface area contributed by atoms with E-state index in [0.29, 0.717) is 5.56 Å². The molecule has 3 N–H and O–H groups in total. The zero-order valence-electron chi connectivity index (χ0n) is 16.5. The summed E-state index contributed by atoms with van der Waals surface area (Å²) in [6.45, 7) is 2.69. The van der Waals surface area contributed by atoms with Crippen molar-refractivity contribution in [1.29, 1.82) is 0 Å². The maximum atomic E-state index is 12.8. The van der Waals surface area contributed by atoms with E-state index in [2.05, 4.69) is 36.6 Å². The maximum Gasteiger partial charge on any atom is 0.273 e. The van der Waals surface area contributed by atoms with Gasteiger partial charge in [0.1, 0.15) is 0 Å². The monoisotopic (exact) mass is 404 g/mol. The second-order valence-corrected chi connectivity index (χ2v) is 7.29. The van der Waals surface area contributed by atoms with Crippen LogP contribution in [0.2, 0.25) is 0 Å². The number of benzene rings is 1. The minimum Gasteiger partial charge on any atom is -0.364 e. The Hall–Kier alpha value is -3.52. The first-order valence-electron chi connectivity index (χ1n) is 10.0. The van der Waals surface area contributed by atoms with Crippen LogP contribution in [0.1, 0.15) is 39.4 Å². The molecular weight excluding hydrogens is 380 g/mol. The third-order valence-electron chi connectivity index (χ3n) is 5.16. The number of amides is 2. The standard InChI is InChI=1S/C22H24N6O2/c29-21(16-5-2-1-3-6-16)27-20-19(24-11-12-25-20)22(30)26-17-8-13-28(14-9-17)15-18-7-4-10-23-18/h1-7,10-12,17,23H,8-9,13-15H2,(H,26,30)(H,25,27,29). The number of likely N-dealkylation sites (tertiary alicyclic amines) is 1. The van der Waals surface area contributed by atoms with E-state index in [9.17, 15) is 9.59 Å². The zero-order chi connectivity index (χ0) is 20.8. The average Bonchev–Trinajstić information content (AvgIpc) is 3.29. The van der Waals surface area contributed by atoms with E-state index < -0.39 is 0 Å². The van der Waals surface area contributed by atoms with Gasteiger partial charge in [-0.3, -0.25) is 14.5 Å². The Bertz CT molecular complexity index is 982. The van der Waals surface area contributed by atoms with E-state index >= 15 is 0 Å². The molecule has 8 nitrogen and oxygen atoms in total. The summed E-state index contributed by atoms with van der Waals surface area (Å²) in [5.74, 6) is -0.495. The first-order valence-corrected chi connectivity index (χ1v) is 10.0. The molecule has 2 aromatic heterocycles. The normalized spacial score (nSPS) is 14.9. The Morgan fingerprint density at radius 3 is 2.50 bits per heavy atom. The molecule has 30 heavy (non-hydrogen) atoms. The fraction of sp³-hybridized carbons (Fsp3) is 0.273. The van der Waals surface area contributed by atoms with Crippen molar-refractivity contribution >= 4 is 17.6 Å². The van der Waals surface area contributed by atoms with Gasteiger partial charge < -0.3 is 15.6 Å². The molecule has 0 saturated carbocycles. The molecule has 0 atom stereocenters. The number of hydrogen-bond donors (Lipinski definition) is 3. The molecular formula is C22H24N6O2. The number of carbonyl (C=O) groups excluding carboxylic acids is 2. The van der Waals surface area contributed by atoms with Crippen molar-refractivity contribution < 1.29 is 9.59 Å². The lowest BCUT2D eigenvalue weighted by atomic mass is 10.0. The predicted molar refractivity (Wildman–Crippen MR) is 113 cm³/mol. The summed E-state index contributed by atoms with van der Waals surface area (Å²) >= 11 is 0. The quantitative estimate of drug-likeness (QED) is 0.586. The SMILES string of the molecule is O=C(Nc1nccnc1C(=O)NC1CCN(Cc2ccc[nH]2)CC1)c1ccccc1. The van der Waals surface area contributed by atoms with Gasteiger partial charge in [0.05, 0.1) is 0 Å². The number of rotatable bonds is 6. The lowest BCUT2D eigenvalue weighted by Gasteiger charge is -2.32. The van der Waals surface area contributed by atoms with Gasteiger partial charge in [-0.15, -0.1) is 0 Å². The Balaban J connectivity index is 1.34. The second kappa shape index (κ2) is 9.32. The molecule has 1 saturated heterocycles. The molecule has 3 heterocycles. The predicted octanol–water partition coefficient (Wildman–Crippen LogP) is 2.45. The summed E-state index contributed by atoms with van der Waals surface area (Å²) in [4.78, 5) is 39.1. The van der Waals surface area contributed by atoms with Gasteiger partial charge in [-0.05, 0) is 37.1 Å². The minimum absolute atomic E-state index is 0.0667. The highest BCUT2D eigenvalue weighted by Crippen LogP contribution is 2.15. The highest BCUT2D eigenvalue weighted by Gasteiger charge is 2.24. The number of nitrogens with one attached hydrogen (secondary N) is 3. The van der Waals surface area contributed by atoms with Gasteiger partial charge in [-0.1, -0.05) is 18.2 Å². The highest BCUT2D eigenvalue weighted by atomic mass is 16.2. The number of carbonyl (C=O) groups is 2. The Morgan fingerprint density at radius 1 is 1.00 bits per heavy atom. The van der Waals surface area contributed by atoms with E-state index in [4.69, 9.17) is 0 Å². The van der Waals surface area contributed by atoms with Crippen LogP contribution in [0, 0.1) is 0 Å². The van der Waals surface area contributed by atoms with Gasteiger partial charge in [0.25, 0.3) is 11.8 Å². The van der Waals surface area contributed by atoms with Gasteiger partial charge in [-0.2, -0.15) is 0 Å². The topological polar surface area (TPSA) is 103 Å². The van der Waals surface area contributed by atoms with E-state index in [1.54, 1.807) is 24.3 Å². The van der Waals surface area contributed by atoms with Gasteiger partial charge in [0, 0.05) is 55.5 Å². The molecule has 1 fully saturated rings. The largest absolute Gasteiger partial charge is 0.364 e. The van der Waals surface area contributed by atoms with E-state index in [1.165, 1.54) is 18.1 Å². The van der Waals surface area contributed by atoms with Crippen molar-refractivity contribution in [1.82, 2.24) is 25.2 Å². The summed E-state index contributed by atoms with van der Waals surface area (Å²) in [5, 5.41) is 5.73. The highest BCUT2D eigenvalue weighted by molar-refractivity contribution is 6.07. The van der Waals surface area contributed by atoms with Crippen LogP contribution >= 0.6 is 0 Å². The fourth-order valence-electron chi connectivity index (χ4n) is 3.56. The molecule has 4 rings (SSSR count). The molecule has 0 spiro atoms. The second-order valence-electron chi connectivity index (χ2n) is 7.29. The van der Waals surface area contributed by atoms with Crippen molar-refractivity contribution in [3.05, 3.63) is 78.0 Å². The number of nitrogens with zero attached hydrogens (tertiary/aromatic N) is 3. The Labute approximate surface area is 174 Å². The number of hydrogen-bond acceptors (Lipinski definition) is 5. The average molecular weight is 404 g/mol. The van der Waals surface area contributed by atoms with Gasteiger partial charge in [0.2, 0.25) is 0 Å². The zero-order valence-corrected chi connectivity index (χ0v) is 16.5. The molecule has 0 radical (unpaired) electrons. The molecule has 8 heteroatoms. The Kier molecular flexibility index (Phi) is 6.14. The van der Waals surface area contributed by atoms with Crippen molar-refractivity contribution in [2.24, 2.45) is 0 Å². The fourth-order valence-corrected chi connectivity index (χ4v) is 3.56. The van der Waals surface area contributed by atoms with Crippen LogP contribution in [0.3, 0.4) is 0 Å². The van der Waals surface area contributed by atoms with Crippen molar-refractivity contribution in [2.75, 3.05) is 18.4 Å². The summed E-state index contributed by atoms with van der Waals surface area (Å²) in [6.07, 6.45) is 6.55. The molecule has 154 valence electrons. The van der Waals surface area contributed by atoms with Gasteiger partial charge in [0.15, 0.2) is 11.5 Å². The number of anilines is 1. The van der Waals surface area contributed by atoms with Crippen molar-refractivity contribution in [3.63, 3.8) is 0 Å². The first-order chi connectivity index (χ1) is 14.7. The van der Waals surface area contributed by atoms with Crippen LogP contribution in [0.25, 0.3) is 0 Å². The summed E-state index contributed by atoms with van der Waals surface area (Å²) in [7, 11) is 0. The molecule has 1 aliphatic heterocycles. The lowest BCUT2D eigenvalue weighted by molar-refractivity contribution is 0.0904. The van der Waals surface area contributed by atoms with E-state index in [1.807, 2.05) is 18.3 Å². The van der Waals surface area contributed by atoms with Crippen LogP contribution in [0.15, 0.2) is 61.1 Å². The number of piperidine rings is 1. The molecule has 0 bridgehead atoms. The smallest absolute Gasteiger partial charge is 0.273 e. The van der Waals surface area contributed by atoms with Crippen molar-refractivity contribution in [3.8, 4) is 0 Å². The summed E-state index contributed by atoms with van der Waals surface area (Å²) in [6, 6.07) is 12.9. The lowest BCUT2D eigenvalue weighted by Crippen LogP contribution is -2.44. The van der Waals surface area contributed by atoms with Crippen LogP contribution in [-0.2, 0) is 6.54 Å². The van der Waals surface area contributed by atoms with Crippen LogP contribution in [0.5, 0.6) is 0 Å². The van der Waals surface area contributed by atoms with Crippen LogP contribution in [-0.4, -0.2) is 50.8 Å². The maximum absolute atomic E-state index is 12.8. The van der Waals surface area contributed by atoms with E-state index in [0.717, 1.165) is 32.5 Å². The Morgan fingerprint density at radius 2 is 1.77 bits per heavy atom. The molecule has 1 aliphatic rings.